The van der Waals surface area contributed by atoms with Gasteiger partial charge in [0.25, 0.3) is 0 Å². The van der Waals surface area contributed by atoms with Crippen molar-refractivity contribution in [3.05, 3.63) is 60.2 Å². The van der Waals surface area contributed by atoms with Crippen LogP contribution >= 0.6 is 23.1 Å². The standard InChI is InChI=1S/C17H14N4OS2/c22-15(18-10-12-6-2-1-3-7-12)11-23-16-19-20-17-21(16)13-8-4-5-9-14(13)24-17/h1-9H,10-11H2,(H,18,22). The monoisotopic (exact) mass is 354 g/mol. The van der Waals surface area contributed by atoms with Gasteiger partial charge in [0.1, 0.15) is 0 Å². The van der Waals surface area contributed by atoms with E-state index in [9.17, 15) is 4.79 Å². The molecule has 0 unspecified atom stereocenters. The second-order valence-electron chi connectivity index (χ2n) is 5.22. The van der Waals surface area contributed by atoms with Crippen LogP contribution in [0, 0.1) is 0 Å². The average Bonchev–Trinajstić information content (AvgIpc) is 3.18. The molecular weight excluding hydrogens is 340 g/mol. The molecule has 2 heterocycles. The molecule has 2 aromatic carbocycles. The first kappa shape index (κ1) is 15.2. The molecule has 7 heteroatoms. The van der Waals surface area contributed by atoms with Crippen molar-refractivity contribution >= 4 is 44.2 Å². The third-order valence-corrected chi connectivity index (χ3v) is 5.52. The lowest BCUT2D eigenvalue weighted by atomic mass is 10.2. The van der Waals surface area contributed by atoms with Crippen molar-refractivity contribution in [1.29, 1.82) is 0 Å². The molecule has 4 aromatic rings. The number of amides is 1. The normalized spacial score (nSPS) is 11.2. The molecule has 4 rings (SSSR count). The molecule has 1 amide bonds. The van der Waals surface area contributed by atoms with Crippen LogP contribution in [-0.2, 0) is 11.3 Å². The number of carbonyl (C=O) groups excluding carboxylic acids is 1. The van der Waals surface area contributed by atoms with Gasteiger partial charge in [-0.2, -0.15) is 0 Å². The Labute approximate surface area is 146 Å². The lowest BCUT2D eigenvalue weighted by molar-refractivity contribution is -0.118. The topological polar surface area (TPSA) is 59.3 Å². The van der Waals surface area contributed by atoms with Crippen molar-refractivity contribution in [3.63, 3.8) is 0 Å². The minimum atomic E-state index is -0.0138. The van der Waals surface area contributed by atoms with Crippen LogP contribution in [0.5, 0.6) is 0 Å². The molecule has 0 aliphatic heterocycles. The van der Waals surface area contributed by atoms with E-state index in [0.29, 0.717) is 12.3 Å². The Bertz CT molecular complexity index is 994. The van der Waals surface area contributed by atoms with Crippen LogP contribution in [0.25, 0.3) is 15.2 Å². The zero-order valence-electron chi connectivity index (χ0n) is 12.7. The van der Waals surface area contributed by atoms with E-state index in [-0.39, 0.29) is 5.91 Å². The lowest BCUT2D eigenvalue weighted by Gasteiger charge is -2.04. The van der Waals surface area contributed by atoms with E-state index in [1.165, 1.54) is 11.8 Å². The van der Waals surface area contributed by atoms with Crippen molar-refractivity contribution in [2.45, 2.75) is 11.7 Å². The Morgan fingerprint density at radius 3 is 2.75 bits per heavy atom. The van der Waals surface area contributed by atoms with Gasteiger partial charge in [0.2, 0.25) is 10.9 Å². The fourth-order valence-electron chi connectivity index (χ4n) is 2.43. The van der Waals surface area contributed by atoms with E-state index in [1.54, 1.807) is 11.3 Å². The number of fused-ring (bicyclic) bond motifs is 3. The third-order valence-electron chi connectivity index (χ3n) is 3.58. The molecule has 1 N–H and O–H groups in total. The summed E-state index contributed by atoms with van der Waals surface area (Å²) in [6.45, 7) is 0.539. The van der Waals surface area contributed by atoms with Gasteiger partial charge in [0.15, 0.2) is 5.16 Å². The number of aromatic nitrogens is 3. The largest absolute Gasteiger partial charge is 0.351 e. The van der Waals surface area contributed by atoms with Crippen LogP contribution in [0.15, 0.2) is 59.8 Å². The van der Waals surface area contributed by atoms with Gasteiger partial charge in [0.05, 0.1) is 16.0 Å². The molecule has 0 atom stereocenters. The summed E-state index contributed by atoms with van der Waals surface area (Å²) in [6, 6.07) is 18.0. The predicted molar refractivity (Wildman–Crippen MR) is 97.4 cm³/mol. The Hall–Kier alpha value is -2.38. The van der Waals surface area contributed by atoms with Crippen LogP contribution in [0.2, 0.25) is 0 Å². The Morgan fingerprint density at radius 2 is 1.88 bits per heavy atom. The summed E-state index contributed by atoms with van der Waals surface area (Å²) in [4.78, 5) is 12.9. The zero-order valence-corrected chi connectivity index (χ0v) is 14.3. The zero-order chi connectivity index (χ0) is 16.4. The van der Waals surface area contributed by atoms with Gasteiger partial charge in [-0.05, 0) is 17.7 Å². The summed E-state index contributed by atoms with van der Waals surface area (Å²) in [7, 11) is 0. The highest BCUT2D eigenvalue weighted by Crippen LogP contribution is 2.29. The minimum absolute atomic E-state index is 0.0138. The average molecular weight is 354 g/mol. The van der Waals surface area contributed by atoms with Gasteiger partial charge in [-0.3, -0.25) is 9.20 Å². The first-order chi connectivity index (χ1) is 11.8. The maximum Gasteiger partial charge on any atom is 0.230 e. The summed E-state index contributed by atoms with van der Waals surface area (Å²) in [5.41, 5.74) is 2.17. The van der Waals surface area contributed by atoms with E-state index < -0.39 is 0 Å². The van der Waals surface area contributed by atoms with Crippen LogP contribution in [-0.4, -0.2) is 26.3 Å². The molecule has 0 fully saturated rings. The maximum absolute atomic E-state index is 12.1. The Balaban J connectivity index is 1.44. The molecular formula is C17H14N4OS2. The number of nitrogens with zero attached hydrogens (tertiary/aromatic N) is 3. The number of hydrogen-bond acceptors (Lipinski definition) is 5. The van der Waals surface area contributed by atoms with E-state index in [0.717, 1.165) is 25.9 Å². The molecule has 2 aromatic heterocycles. The number of thiazole rings is 1. The molecule has 120 valence electrons. The van der Waals surface area contributed by atoms with Crippen LogP contribution < -0.4 is 5.32 Å². The van der Waals surface area contributed by atoms with Gasteiger partial charge in [-0.15, -0.1) is 10.2 Å². The van der Waals surface area contributed by atoms with Gasteiger partial charge in [-0.25, -0.2) is 0 Å². The number of para-hydroxylation sites is 1. The third kappa shape index (κ3) is 3.00. The summed E-state index contributed by atoms with van der Waals surface area (Å²) in [5.74, 6) is 0.304. The second kappa shape index (κ2) is 6.62. The van der Waals surface area contributed by atoms with Gasteiger partial charge < -0.3 is 5.32 Å². The quantitative estimate of drug-likeness (QED) is 0.558. The fraction of sp³-hybridized carbons (Fsp3) is 0.118. The smallest absolute Gasteiger partial charge is 0.230 e. The highest BCUT2D eigenvalue weighted by Gasteiger charge is 2.13. The summed E-state index contributed by atoms with van der Waals surface area (Å²) >= 11 is 3.00. The molecule has 0 radical (unpaired) electrons. The lowest BCUT2D eigenvalue weighted by Crippen LogP contribution is -2.24. The molecule has 0 saturated heterocycles. The van der Waals surface area contributed by atoms with E-state index >= 15 is 0 Å². The molecule has 0 aliphatic carbocycles. The van der Waals surface area contributed by atoms with Gasteiger partial charge >= 0.3 is 0 Å². The maximum atomic E-state index is 12.1. The van der Waals surface area contributed by atoms with Gasteiger partial charge in [0, 0.05) is 6.54 Å². The van der Waals surface area contributed by atoms with Crippen molar-refractivity contribution in [2.75, 3.05) is 5.75 Å². The number of rotatable bonds is 5. The number of benzene rings is 2. The van der Waals surface area contributed by atoms with Crippen LogP contribution in [0.1, 0.15) is 5.56 Å². The highest BCUT2D eigenvalue weighted by molar-refractivity contribution is 7.99. The van der Waals surface area contributed by atoms with E-state index in [2.05, 4.69) is 21.6 Å². The van der Waals surface area contributed by atoms with Gasteiger partial charge in [-0.1, -0.05) is 65.6 Å². The minimum Gasteiger partial charge on any atom is -0.351 e. The SMILES string of the molecule is O=C(CSc1nnc2sc3ccccc3n12)NCc1ccccc1. The second-order valence-corrected chi connectivity index (χ2v) is 7.17. The molecule has 24 heavy (non-hydrogen) atoms. The number of nitrogens with one attached hydrogen (secondary N) is 1. The molecule has 5 nitrogen and oxygen atoms in total. The van der Waals surface area contributed by atoms with Crippen LogP contribution in [0.3, 0.4) is 0 Å². The van der Waals surface area contributed by atoms with Crippen molar-refractivity contribution in [3.8, 4) is 0 Å². The fourth-order valence-corrected chi connectivity index (χ4v) is 4.22. The molecule has 0 bridgehead atoms. The number of hydrogen-bond donors (Lipinski definition) is 1. The number of thioether (sulfide) groups is 1. The molecule has 0 saturated carbocycles. The molecule has 0 spiro atoms. The summed E-state index contributed by atoms with van der Waals surface area (Å²) < 4.78 is 3.17. The van der Waals surface area contributed by atoms with Crippen molar-refractivity contribution < 1.29 is 4.79 Å². The first-order valence-electron chi connectivity index (χ1n) is 7.47. The van der Waals surface area contributed by atoms with E-state index in [1.807, 2.05) is 52.9 Å². The summed E-state index contributed by atoms with van der Waals surface area (Å²) in [5, 5.41) is 12.1. The Morgan fingerprint density at radius 1 is 1.08 bits per heavy atom. The number of carbonyl (C=O) groups is 1. The Kier molecular flexibility index (Phi) is 4.18. The van der Waals surface area contributed by atoms with E-state index in [4.69, 9.17) is 0 Å². The predicted octanol–water partition coefficient (Wildman–Crippen LogP) is 3.35. The van der Waals surface area contributed by atoms with Crippen LogP contribution in [0.4, 0.5) is 0 Å². The van der Waals surface area contributed by atoms with Crippen molar-refractivity contribution in [1.82, 2.24) is 19.9 Å². The first-order valence-corrected chi connectivity index (χ1v) is 9.27. The molecule has 0 aliphatic rings. The summed E-state index contributed by atoms with van der Waals surface area (Å²) in [6.07, 6.45) is 0. The highest BCUT2D eigenvalue weighted by atomic mass is 32.2. The van der Waals surface area contributed by atoms with Crippen molar-refractivity contribution in [2.24, 2.45) is 0 Å².